The summed E-state index contributed by atoms with van der Waals surface area (Å²) in [4.78, 5) is 5.22. The molecule has 0 bridgehead atoms. The molecule has 3 rings (SSSR count). The third-order valence-corrected chi connectivity index (χ3v) is 4.17. The molecule has 0 radical (unpaired) electrons. The van der Waals surface area contributed by atoms with E-state index >= 15 is 0 Å². The highest BCUT2D eigenvalue weighted by atomic mass is 16.5. The smallest absolute Gasteiger partial charge is 0.0702 e. The molecule has 1 unspecified atom stereocenters. The summed E-state index contributed by atoms with van der Waals surface area (Å²) in [6, 6.07) is 0.824. The molecule has 1 N–H and O–H groups in total. The maximum absolute atomic E-state index is 5.70. The van der Waals surface area contributed by atoms with Crippen LogP contribution in [0.15, 0.2) is 0 Å². The van der Waals surface area contributed by atoms with Gasteiger partial charge in [0.2, 0.25) is 0 Å². The second-order valence-electron chi connectivity index (χ2n) is 5.28. The number of nitrogens with one attached hydrogen (secondary N) is 1. The van der Waals surface area contributed by atoms with Crippen LogP contribution in [0, 0.1) is 0 Å². The van der Waals surface area contributed by atoms with Gasteiger partial charge in [-0.3, -0.25) is 9.80 Å². The Balaban J connectivity index is 1.39. The molecule has 0 amide bonds. The van der Waals surface area contributed by atoms with Gasteiger partial charge in [0.25, 0.3) is 0 Å². The summed E-state index contributed by atoms with van der Waals surface area (Å²) in [5, 5.41) is 3.35. The first-order valence-electron chi connectivity index (χ1n) is 6.70. The van der Waals surface area contributed by atoms with Gasteiger partial charge < -0.3 is 10.1 Å². The monoisotopic (exact) mass is 225 g/mol. The van der Waals surface area contributed by atoms with Gasteiger partial charge in [-0.25, -0.2) is 0 Å². The molecule has 0 aromatic carbocycles. The number of ether oxygens (including phenoxy) is 1. The van der Waals surface area contributed by atoms with Crippen molar-refractivity contribution in [3.05, 3.63) is 0 Å². The van der Waals surface area contributed by atoms with Crippen molar-refractivity contribution in [2.45, 2.75) is 25.0 Å². The van der Waals surface area contributed by atoms with Gasteiger partial charge in [0.15, 0.2) is 0 Å². The summed E-state index contributed by atoms with van der Waals surface area (Å²) in [6.07, 6.45) is 3.06. The molecule has 1 atom stereocenters. The standard InChI is InChI=1S/C12H23N3O/c1-2-12(16-7-1)10-14-3-5-15(6-4-14)11-8-13-9-11/h11-13H,1-10H2. The summed E-state index contributed by atoms with van der Waals surface area (Å²) in [5.74, 6) is 0. The maximum Gasteiger partial charge on any atom is 0.0702 e. The lowest BCUT2D eigenvalue weighted by Crippen LogP contribution is -2.61. The van der Waals surface area contributed by atoms with Crippen LogP contribution >= 0.6 is 0 Å². The van der Waals surface area contributed by atoms with E-state index in [2.05, 4.69) is 15.1 Å². The maximum atomic E-state index is 5.70. The van der Waals surface area contributed by atoms with Crippen LogP contribution in [0.1, 0.15) is 12.8 Å². The first-order valence-corrected chi connectivity index (χ1v) is 6.70. The van der Waals surface area contributed by atoms with Crippen molar-refractivity contribution in [3.8, 4) is 0 Å². The lowest BCUT2D eigenvalue weighted by atomic mass is 10.1. The molecule has 3 aliphatic rings. The highest BCUT2D eigenvalue weighted by Crippen LogP contribution is 2.15. The van der Waals surface area contributed by atoms with Crippen LogP contribution in [0.2, 0.25) is 0 Å². The number of hydrogen-bond acceptors (Lipinski definition) is 4. The van der Waals surface area contributed by atoms with Crippen LogP contribution in [0.3, 0.4) is 0 Å². The van der Waals surface area contributed by atoms with Gasteiger partial charge in [-0.2, -0.15) is 0 Å². The van der Waals surface area contributed by atoms with E-state index in [9.17, 15) is 0 Å². The first-order chi connectivity index (χ1) is 7.92. The zero-order valence-corrected chi connectivity index (χ0v) is 10.0. The summed E-state index contributed by atoms with van der Waals surface area (Å²) in [7, 11) is 0. The fraction of sp³-hybridized carbons (Fsp3) is 1.00. The van der Waals surface area contributed by atoms with Gasteiger partial charge in [-0.15, -0.1) is 0 Å². The van der Waals surface area contributed by atoms with Gasteiger partial charge in [-0.05, 0) is 12.8 Å². The third kappa shape index (κ3) is 2.40. The van der Waals surface area contributed by atoms with E-state index in [4.69, 9.17) is 4.74 Å². The largest absolute Gasteiger partial charge is 0.377 e. The van der Waals surface area contributed by atoms with Crippen LogP contribution in [-0.2, 0) is 4.74 Å². The van der Waals surface area contributed by atoms with Crippen molar-refractivity contribution in [1.82, 2.24) is 15.1 Å². The molecule has 92 valence electrons. The molecular weight excluding hydrogens is 202 g/mol. The minimum atomic E-state index is 0.525. The average molecular weight is 225 g/mol. The Morgan fingerprint density at radius 1 is 1.12 bits per heavy atom. The fourth-order valence-electron chi connectivity index (χ4n) is 2.92. The van der Waals surface area contributed by atoms with Crippen molar-refractivity contribution in [2.24, 2.45) is 0 Å². The number of hydrogen-bond donors (Lipinski definition) is 1. The average Bonchev–Trinajstić information content (AvgIpc) is 2.71. The Hall–Kier alpha value is -0.160. The molecule has 4 nitrogen and oxygen atoms in total. The predicted octanol–water partition coefficient (Wildman–Crippen LogP) is -0.245. The zero-order chi connectivity index (χ0) is 10.8. The highest BCUT2D eigenvalue weighted by molar-refractivity contribution is 4.87. The summed E-state index contributed by atoms with van der Waals surface area (Å²) in [6.45, 7) is 9.51. The van der Waals surface area contributed by atoms with Crippen molar-refractivity contribution in [1.29, 1.82) is 0 Å². The van der Waals surface area contributed by atoms with E-state index in [-0.39, 0.29) is 0 Å². The molecule has 3 aliphatic heterocycles. The van der Waals surface area contributed by atoms with Crippen molar-refractivity contribution >= 4 is 0 Å². The number of piperazine rings is 1. The van der Waals surface area contributed by atoms with E-state index in [0.29, 0.717) is 6.10 Å². The predicted molar refractivity (Wildman–Crippen MR) is 63.6 cm³/mol. The quantitative estimate of drug-likeness (QED) is 0.717. The molecule has 4 heteroatoms. The SMILES string of the molecule is C1COC(CN2CCN(C3CNC3)CC2)C1. The van der Waals surface area contributed by atoms with Gasteiger partial charge in [-0.1, -0.05) is 0 Å². The third-order valence-electron chi connectivity index (χ3n) is 4.17. The van der Waals surface area contributed by atoms with E-state index in [1.807, 2.05) is 0 Å². The molecule has 0 saturated carbocycles. The van der Waals surface area contributed by atoms with Crippen LogP contribution in [0.4, 0.5) is 0 Å². The van der Waals surface area contributed by atoms with Crippen LogP contribution in [0.5, 0.6) is 0 Å². The van der Waals surface area contributed by atoms with Crippen molar-refractivity contribution < 1.29 is 4.74 Å². The lowest BCUT2D eigenvalue weighted by Gasteiger charge is -2.43. The topological polar surface area (TPSA) is 27.7 Å². The van der Waals surface area contributed by atoms with Crippen LogP contribution < -0.4 is 5.32 Å². The number of rotatable bonds is 3. The number of nitrogens with zero attached hydrogens (tertiary/aromatic N) is 2. The molecule has 0 aromatic heterocycles. The van der Waals surface area contributed by atoms with Gasteiger partial charge in [0.05, 0.1) is 6.10 Å². The first kappa shape index (κ1) is 11.0. The lowest BCUT2D eigenvalue weighted by molar-refractivity contribution is 0.0321. The van der Waals surface area contributed by atoms with E-state index in [0.717, 1.165) is 19.2 Å². The van der Waals surface area contributed by atoms with Gasteiger partial charge >= 0.3 is 0 Å². The minimum absolute atomic E-state index is 0.525. The molecule has 0 aromatic rings. The Labute approximate surface area is 97.9 Å². The molecule has 0 aliphatic carbocycles. The normalized spacial score (nSPS) is 34.1. The zero-order valence-electron chi connectivity index (χ0n) is 10.0. The van der Waals surface area contributed by atoms with Crippen molar-refractivity contribution in [3.63, 3.8) is 0 Å². The second-order valence-corrected chi connectivity index (χ2v) is 5.28. The Kier molecular flexibility index (Phi) is 3.43. The van der Waals surface area contributed by atoms with Crippen molar-refractivity contribution in [2.75, 3.05) is 52.4 Å². The molecule has 3 heterocycles. The fourth-order valence-corrected chi connectivity index (χ4v) is 2.92. The van der Waals surface area contributed by atoms with Crippen LogP contribution in [0.25, 0.3) is 0 Å². The van der Waals surface area contributed by atoms with Gasteiger partial charge in [0, 0.05) is 58.5 Å². The molecule has 3 saturated heterocycles. The Bertz CT molecular complexity index is 218. The van der Waals surface area contributed by atoms with E-state index in [1.54, 1.807) is 0 Å². The van der Waals surface area contributed by atoms with E-state index < -0.39 is 0 Å². The molecule has 16 heavy (non-hydrogen) atoms. The molecule has 0 spiro atoms. The molecular formula is C12H23N3O. The Morgan fingerprint density at radius 2 is 1.94 bits per heavy atom. The Morgan fingerprint density at radius 3 is 2.50 bits per heavy atom. The summed E-state index contributed by atoms with van der Waals surface area (Å²) in [5.41, 5.74) is 0. The minimum Gasteiger partial charge on any atom is -0.377 e. The molecule has 3 fully saturated rings. The van der Waals surface area contributed by atoms with Crippen LogP contribution in [-0.4, -0.2) is 74.4 Å². The van der Waals surface area contributed by atoms with E-state index in [1.165, 1.54) is 52.1 Å². The summed E-state index contributed by atoms with van der Waals surface area (Å²) >= 11 is 0. The van der Waals surface area contributed by atoms with Gasteiger partial charge in [0.1, 0.15) is 0 Å². The highest BCUT2D eigenvalue weighted by Gasteiger charge is 2.28. The summed E-state index contributed by atoms with van der Waals surface area (Å²) < 4.78 is 5.70. The second kappa shape index (κ2) is 5.00.